The molecule has 0 atom stereocenters. The van der Waals surface area contributed by atoms with Crippen LogP contribution in [-0.4, -0.2) is 21.2 Å². The molecule has 86 valence electrons. The molecule has 1 fully saturated rings. The van der Waals surface area contributed by atoms with Gasteiger partial charge < -0.3 is 10.6 Å². The molecule has 1 saturated carbocycles. The predicted molar refractivity (Wildman–Crippen MR) is 61.5 cm³/mol. The summed E-state index contributed by atoms with van der Waals surface area (Å²) in [5.41, 5.74) is 1.38. The van der Waals surface area contributed by atoms with E-state index >= 15 is 0 Å². The molecule has 1 aliphatic carbocycles. The zero-order chi connectivity index (χ0) is 11.3. The minimum atomic E-state index is -0.355. The third-order valence-corrected chi connectivity index (χ3v) is 3.66. The summed E-state index contributed by atoms with van der Waals surface area (Å²) in [7, 11) is 0. The number of fused-ring (bicyclic) bond motifs is 1. The molecule has 2 heterocycles. The number of nitrogens with one attached hydrogen (secondary N) is 2. The van der Waals surface area contributed by atoms with Gasteiger partial charge in [-0.05, 0) is 33.1 Å². The highest BCUT2D eigenvalue weighted by Crippen LogP contribution is 2.42. The van der Waals surface area contributed by atoms with Crippen LogP contribution in [0.25, 0.3) is 0 Å². The molecule has 3 rings (SSSR count). The van der Waals surface area contributed by atoms with Gasteiger partial charge in [-0.2, -0.15) is 5.10 Å². The van der Waals surface area contributed by atoms with Gasteiger partial charge in [0.25, 0.3) is 0 Å². The number of hydrogen-bond donors (Lipinski definition) is 2. The topological polar surface area (TPSA) is 59.0 Å². The van der Waals surface area contributed by atoms with Gasteiger partial charge in [0.2, 0.25) is 5.91 Å². The van der Waals surface area contributed by atoms with E-state index in [9.17, 15) is 4.79 Å². The summed E-state index contributed by atoms with van der Waals surface area (Å²) in [5, 5.41) is 10.8. The van der Waals surface area contributed by atoms with Crippen LogP contribution in [0, 0.1) is 6.92 Å². The van der Waals surface area contributed by atoms with Gasteiger partial charge >= 0.3 is 0 Å². The van der Waals surface area contributed by atoms with E-state index in [1.54, 1.807) is 0 Å². The maximum Gasteiger partial charge on any atom is 0.250 e. The molecular weight excluding hydrogens is 204 g/mol. The molecule has 1 spiro atoms. The lowest BCUT2D eigenvalue weighted by atomic mass is 9.75. The van der Waals surface area contributed by atoms with E-state index in [1.807, 2.05) is 11.6 Å². The van der Waals surface area contributed by atoms with Crippen LogP contribution < -0.4 is 10.6 Å². The maximum atomic E-state index is 12.0. The fourth-order valence-electron chi connectivity index (χ4n) is 2.49. The molecule has 0 radical (unpaired) electrons. The Kier molecular flexibility index (Phi) is 1.81. The summed E-state index contributed by atoms with van der Waals surface area (Å²) >= 11 is 0. The average molecular weight is 220 g/mol. The molecule has 16 heavy (non-hydrogen) atoms. The summed E-state index contributed by atoms with van der Waals surface area (Å²) in [6, 6.07) is 0. The minimum absolute atomic E-state index is 0.102. The second kappa shape index (κ2) is 2.99. The van der Waals surface area contributed by atoms with Crippen molar-refractivity contribution >= 4 is 17.4 Å². The van der Waals surface area contributed by atoms with E-state index in [-0.39, 0.29) is 11.4 Å². The number of amides is 1. The number of carbonyl (C=O) groups is 1. The Morgan fingerprint density at radius 3 is 2.81 bits per heavy atom. The van der Waals surface area contributed by atoms with Crippen molar-refractivity contribution in [2.75, 3.05) is 10.6 Å². The van der Waals surface area contributed by atoms with Crippen LogP contribution in [0.15, 0.2) is 0 Å². The summed E-state index contributed by atoms with van der Waals surface area (Å²) in [5.74, 6) is 1.07. The highest BCUT2D eigenvalue weighted by Gasteiger charge is 2.48. The minimum Gasteiger partial charge on any atom is -0.354 e. The second-order valence-electron chi connectivity index (χ2n) is 4.64. The Morgan fingerprint density at radius 2 is 2.25 bits per heavy atom. The largest absolute Gasteiger partial charge is 0.354 e. The lowest BCUT2D eigenvalue weighted by molar-refractivity contribution is -0.123. The molecule has 0 unspecified atom stereocenters. The molecule has 5 nitrogen and oxygen atoms in total. The van der Waals surface area contributed by atoms with E-state index in [4.69, 9.17) is 0 Å². The molecule has 5 heteroatoms. The molecule has 1 amide bonds. The van der Waals surface area contributed by atoms with Crippen molar-refractivity contribution in [3.63, 3.8) is 0 Å². The van der Waals surface area contributed by atoms with Crippen LogP contribution in [0.1, 0.15) is 31.9 Å². The molecule has 2 aliphatic rings. The molecule has 0 bridgehead atoms. The van der Waals surface area contributed by atoms with Gasteiger partial charge in [-0.1, -0.05) is 0 Å². The zero-order valence-electron chi connectivity index (χ0n) is 9.63. The van der Waals surface area contributed by atoms with E-state index in [1.165, 1.54) is 0 Å². The van der Waals surface area contributed by atoms with E-state index in [2.05, 4.69) is 22.7 Å². The number of nitrogens with zero attached hydrogens (tertiary/aromatic N) is 2. The van der Waals surface area contributed by atoms with Gasteiger partial charge in [0.05, 0.1) is 5.69 Å². The fourth-order valence-corrected chi connectivity index (χ4v) is 2.49. The first kappa shape index (κ1) is 9.69. The van der Waals surface area contributed by atoms with Gasteiger partial charge in [-0.15, -0.1) is 0 Å². The lowest BCUT2D eigenvalue weighted by Gasteiger charge is -2.44. The monoisotopic (exact) mass is 220 g/mol. The summed E-state index contributed by atoms with van der Waals surface area (Å²) in [4.78, 5) is 12.0. The Bertz CT molecular complexity index is 459. The van der Waals surface area contributed by atoms with E-state index in [0.29, 0.717) is 0 Å². The number of carbonyl (C=O) groups excluding carboxylic acids is 1. The highest BCUT2D eigenvalue weighted by atomic mass is 16.2. The van der Waals surface area contributed by atoms with Crippen LogP contribution in [-0.2, 0) is 11.3 Å². The van der Waals surface area contributed by atoms with Crippen molar-refractivity contribution < 1.29 is 4.79 Å². The van der Waals surface area contributed by atoms with Crippen LogP contribution in [0.3, 0.4) is 0 Å². The number of aryl methyl sites for hydroxylation is 2. The van der Waals surface area contributed by atoms with Gasteiger partial charge in [-0.25, -0.2) is 4.68 Å². The number of rotatable bonds is 1. The van der Waals surface area contributed by atoms with Gasteiger partial charge in [0.15, 0.2) is 0 Å². The Labute approximate surface area is 94.2 Å². The Morgan fingerprint density at radius 1 is 1.50 bits per heavy atom. The number of anilines is 2. The van der Waals surface area contributed by atoms with Crippen LogP contribution >= 0.6 is 0 Å². The lowest BCUT2D eigenvalue weighted by Crippen LogP contribution is -2.57. The summed E-state index contributed by atoms with van der Waals surface area (Å²) in [6.45, 7) is 4.79. The Hall–Kier alpha value is -1.52. The van der Waals surface area contributed by atoms with Gasteiger partial charge in [0.1, 0.15) is 17.0 Å². The average Bonchev–Trinajstić information content (AvgIpc) is 2.52. The van der Waals surface area contributed by atoms with Gasteiger partial charge in [-0.3, -0.25) is 4.79 Å². The fraction of sp³-hybridized carbons (Fsp3) is 0.636. The Balaban J connectivity index is 2.06. The molecule has 1 aromatic heterocycles. The highest BCUT2D eigenvalue weighted by molar-refractivity contribution is 6.06. The van der Waals surface area contributed by atoms with Crippen molar-refractivity contribution in [3.05, 3.63) is 5.69 Å². The van der Waals surface area contributed by atoms with Crippen LogP contribution in [0.4, 0.5) is 11.5 Å². The number of aromatic nitrogens is 2. The molecule has 0 saturated heterocycles. The summed E-state index contributed by atoms with van der Waals surface area (Å²) < 4.78 is 1.92. The standard InChI is InChI=1S/C11H16N4O/c1-3-15-9-8(7(2)14-15)12-10(16)11(13-9)5-4-6-11/h13H,3-6H2,1-2H3,(H,12,16). The molecule has 2 N–H and O–H groups in total. The van der Waals surface area contributed by atoms with Gasteiger partial charge in [0, 0.05) is 6.54 Å². The van der Waals surface area contributed by atoms with Crippen LogP contribution in [0.2, 0.25) is 0 Å². The van der Waals surface area contributed by atoms with Crippen molar-refractivity contribution in [1.29, 1.82) is 0 Å². The van der Waals surface area contributed by atoms with Crippen molar-refractivity contribution in [1.82, 2.24) is 9.78 Å². The van der Waals surface area contributed by atoms with E-state index in [0.717, 1.165) is 43.0 Å². The predicted octanol–water partition coefficient (Wildman–Crippen LogP) is 1.50. The molecular formula is C11H16N4O. The first-order valence-electron chi connectivity index (χ1n) is 5.83. The molecule has 1 aliphatic heterocycles. The maximum absolute atomic E-state index is 12.0. The first-order chi connectivity index (χ1) is 7.66. The normalized spacial score (nSPS) is 21.0. The van der Waals surface area contributed by atoms with Crippen molar-refractivity contribution in [3.8, 4) is 0 Å². The number of hydrogen-bond acceptors (Lipinski definition) is 3. The second-order valence-corrected chi connectivity index (χ2v) is 4.64. The summed E-state index contributed by atoms with van der Waals surface area (Å²) in [6.07, 6.45) is 2.97. The van der Waals surface area contributed by atoms with Crippen molar-refractivity contribution in [2.45, 2.75) is 45.2 Å². The van der Waals surface area contributed by atoms with E-state index < -0.39 is 0 Å². The SMILES string of the molecule is CCn1nc(C)c2c1NC1(CCC1)C(=O)N2. The molecule has 0 aromatic carbocycles. The van der Waals surface area contributed by atoms with Crippen molar-refractivity contribution in [2.24, 2.45) is 0 Å². The zero-order valence-corrected chi connectivity index (χ0v) is 9.63. The quantitative estimate of drug-likeness (QED) is 0.754. The third kappa shape index (κ3) is 1.06. The smallest absolute Gasteiger partial charge is 0.250 e. The third-order valence-electron chi connectivity index (χ3n) is 3.66. The molecule has 1 aromatic rings. The first-order valence-corrected chi connectivity index (χ1v) is 5.83. The van der Waals surface area contributed by atoms with Crippen LogP contribution in [0.5, 0.6) is 0 Å².